The molecule has 0 saturated heterocycles. The fourth-order valence-electron chi connectivity index (χ4n) is 2.93. The molecule has 0 aliphatic carbocycles. The van der Waals surface area contributed by atoms with Gasteiger partial charge in [0.15, 0.2) is 0 Å². The number of hydrogen-bond donors (Lipinski definition) is 1. The second-order valence-electron chi connectivity index (χ2n) is 6.77. The van der Waals surface area contributed by atoms with Crippen molar-refractivity contribution >= 4 is 44.8 Å². The molecule has 174 valence electrons. The largest absolute Gasteiger partial charge is 0.462 e. The Kier molecular flexibility index (Phi) is 8.63. The number of esters is 1. The molecule has 0 amide bonds. The van der Waals surface area contributed by atoms with Gasteiger partial charge in [0, 0.05) is 18.2 Å². The first-order chi connectivity index (χ1) is 15.6. The lowest BCUT2D eigenvalue weighted by Gasteiger charge is -2.10. The maximum atomic E-state index is 11.9. The number of hydrogen-bond acceptors (Lipinski definition) is 8. The maximum Gasteiger partial charge on any atom is 0.343 e. The molecule has 0 atom stereocenters. The van der Waals surface area contributed by atoms with E-state index in [9.17, 15) is 25.0 Å². The Hall–Kier alpha value is -3.80. The molecule has 0 aliphatic rings. The number of halogens is 1. The van der Waals surface area contributed by atoms with Crippen molar-refractivity contribution in [2.24, 2.45) is 7.05 Å². The van der Waals surface area contributed by atoms with Crippen LogP contribution in [0.5, 0.6) is 0 Å². The number of carbonyl (C=O) groups excluding carboxylic acids is 1. The van der Waals surface area contributed by atoms with Gasteiger partial charge in [-0.25, -0.2) is 4.79 Å². The molecule has 11 nitrogen and oxygen atoms in total. The van der Waals surface area contributed by atoms with Crippen LogP contribution in [0, 0.1) is 34.1 Å². The molecule has 1 N–H and O–H groups in total. The van der Waals surface area contributed by atoms with E-state index >= 15 is 0 Å². The third kappa shape index (κ3) is 6.13. The van der Waals surface area contributed by atoms with E-state index in [4.69, 9.17) is 4.74 Å². The van der Waals surface area contributed by atoms with Gasteiger partial charge < -0.3 is 10.1 Å². The molecule has 0 fully saturated rings. The van der Waals surface area contributed by atoms with Crippen molar-refractivity contribution in [3.05, 3.63) is 84.0 Å². The van der Waals surface area contributed by atoms with Crippen molar-refractivity contribution in [3.63, 3.8) is 0 Å². The van der Waals surface area contributed by atoms with Gasteiger partial charge in [0.05, 0.1) is 27.1 Å². The molecule has 2 aromatic carbocycles. The van der Waals surface area contributed by atoms with Crippen molar-refractivity contribution in [2.45, 2.75) is 20.8 Å². The van der Waals surface area contributed by atoms with Crippen LogP contribution in [-0.4, -0.2) is 32.2 Å². The van der Waals surface area contributed by atoms with Gasteiger partial charge in [0.1, 0.15) is 17.1 Å². The number of carbonyl (C=O) groups is 1. The molecule has 33 heavy (non-hydrogen) atoms. The highest BCUT2D eigenvalue weighted by Crippen LogP contribution is 2.31. The average Bonchev–Trinajstić information content (AvgIpc) is 3.08. The number of aromatic nitrogens is 2. The van der Waals surface area contributed by atoms with Gasteiger partial charge >= 0.3 is 5.97 Å². The van der Waals surface area contributed by atoms with Crippen LogP contribution in [-0.2, 0) is 11.8 Å². The number of aryl methyl sites for hydroxylation is 3. The van der Waals surface area contributed by atoms with Crippen molar-refractivity contribution in [2.75, 3.05) is 11.9 Å². The van der Waals surface area contributed by atoms with Crippen molar-refractivity contribution in [1.29, 1.82) is 0 Å². The first kappa shape index (κ1) is 25.5. The third-order valence-corrected chi connectivity index (χ3v) is 5.12. The Balaban J connectivity index is 0.000000294. The Morgan fingerprint density at radius 2 is 1.67 bits per heavy atom. The van der Waals surface area contributed by atoms with E-state index in [2.05, 4.69) is 26.3 Å². The zero-order valence-electron chi connectivity index (χ0n) is 18.4. The zero-order valence-corrected chi connectivity index (χ0v) is 20.0. The minimum Gasteiger partial charge on any atom is -0.462 e. The summed E-state index contributed by atoms with van der Waals surface area (Å²) in [5.41, 5.74) is 1.81. The lowest BCUT2D eigenvalue weighted by atomic mass is 10.1. The van der Waals surface area contributed by atoms with Crippen molar-refractivity contribution < 1.29 is 19.4 Å². The first-order valence-electron chi connectivity index (χ1n) is 9.68. The van der Waals surface area contributed by atoms with E-state index in [1.807, 2.05) is 0 Å². The molecule has 3 rings (SSSR count). The quantitative estimate of drug-likeness (QED) is 0.265. The van der Waals surface area contributed by atoms with Gasteiger partial charge in [-0.1, -0.05) is 24.3 Å². The molecule has 0 spiro atoms. The van der Waals surface area contributed by atoms with E-state index in [-0.39, 0.29) is 28.5 Å². The lowest BCUT2D eigenvalue weighted by molar-refractivity contribution is -0.386. The molecule has 1 aromatic heterocycles. The third-order valence-electron chi connectivity index (χ3n) is 4.48. The second kappa shape index (κ2) is 11.2. The Labute approximate surface area is 197 Å². The molecular formula is C21H22BrN5O6. The van der Waals surface area contributed by atoms with Gasteiger partial charge in [-0.05, 0) is 48.8 Å². The first-order valence-corrected chi connectivity index (χ1v) is 10.5. The van der Waals surface area contributed by atoms with Crippen LogP contribution >= 0.6 is 15.9 Å². The summed E-state index contributed by atoms with van der Waals surface area (Å²) >= 11 is 3.11. The number of benzene rings is 2. The molecule has 12 heteroatoms. The standard InChI is InChI=1S/C14H16N4O4.C7H6BrNO2/c1-4-22-14(19)10-8-15-17(3)13(10)16-11-7-5-6-9(2)12(11)18(20)21;1-5-3-2-4-6(8)7(5)9(10)11/h5-8,16H,4H2,1-3H3;2-4H,1H3. The van der Waals surface area contributed by atoms with Gasteiger partial charge in [0.2, 0.25) is 0 Å². The highest BCUT2D eigenvalue weighted by Gasteiger charge is 2.22. The number of ether oxygens (including phenoxy) is 1. The van der Waals surface area contributed by atoms with E-state index < -0.39 is 10.9 Å². The van der Waals surface area contributed by atoms with E-state index in [1.165, 1.54) is 10.9 Å². The molecule has 0 unspecified atom stereocenters. The number of nitro benzene ring substituents is 2. The van der Waals surface area contributed by atoms with Crippen LogP contribution in [0.15, 0.2) is 47.1 Å². The summed E-state index contributed by atoms with van der Waals surface area (Å²) in [4.78, 5) is 32.7. The van der Waals surface area contributed by atoms with Crippen LogP contribution in [0.2, 0.25) is 0 Å². The highest BCUT2D eigenvalue weighted by atomic mass is 79.9. The molecule has 0 aliphatic heterocycles. The summed E-state index contributed by atoms with van der Waals surface area (Å²) in [6.45, 7) is 5.30. The summed E-state index contributed by atoms with van der Waals surface area (Å²) < 4.78 is 6.91. The van der Waals surface area contributed by atoms with Gasteiger partial charge in [-0.2, -0.15) is 5.10 Å². The van der Waals surface area contributed by atoms with Crippen molar-refractivity contribution in [1.82, 2.24) is 9.78 Å². The number of nitro groups is 2. The maximum absolute atomic E-state index is 11.9. The van der Waals surface area contributed by atoms with E-state index in [0.717, 1.165) is 0 Å². The zero-order chi connectivity index (χ0) is 24.7. The minimum absolute atomic E-state index is 0.0430. The predicted octanol–water partition coefficient (Wildman–Crippen LogP) is 5.22. The Morgan fingerprint density at radius 1 is 1.09 bits per heavy atom. The van der Waals surface area contributed by atoms with Gasteiger partial charge in [-0.15, -0.1) is 0 Å². The van der Waals surface area contributed by atoms with Crippen molar-refractivity contribution in [3.8, 4) is 0 Å². The predicted molar refractivity (Wildman–Crippen MR) is 126 cm³/mol. The Bertz CT molecular complexity index is 1170. The molecule has 1 heterocycles. The van der Waals surface area contributed by atoms with Crippen LogP contribution in [0.4, 0.5) is 22.9 Å². The Morgan fingerprint density at radius 3 is 2.18 bits per heavy atom. The summed E-state index contributed by atoms with van der Waals surface area (Å²) in [6.07, 6.45) is 1.36. The fraction of sp³-hybridized carbons (Fsp3) is 0.238. The van der Waals surface area contributed by atoms with E-state index in [1.54, 1.807) is 64.2 Å². The molecule has 0 radical (unpaired) electrons. The fourth-order valence-corrected chi connectivity index (χ4v) is 3.54. The van der Waals surface area contributed by atoms with Gasteiger partial charge in [0.25, 0.3) is 11.4 Å². The van der Waals surface area contributed by atoms with Gasteiger partial charge in [-0.3, -0.25) is 24.9 Å². The molecular weight excluding hydrogens is 498 g/mol. The number of nitrogens with one attached hydrogen (secondary N) is 1. The number of para-hydroxylation sites is 2. The average molecular weight is 520 g/mol. The molecule has 0 bridgehead atoms. The summed E-state index contributed by atoms with van der Waals surface area (Å²) in [5.74, 6) is -0.194. The number of nitrogens with zero attached hydrogens (tertiary/aromatic N) is 4. The summed E-state index contributed by atoms with van der Waals surface area (Å²) in [6, 6.07) is 10.1. The topological polar surface area (TPSA) is 142 Å². The lowest BCUT2D eigenvalue weighted by Crippen LogP contribution is -2.09. The molecule has 3 aromatic rings. The van der Waals surface area contributed by atoms with Crippen LogP contribution in [0.1, 0.15) is 28.4 Å². The normalized spacial score (nSPS) is 10.1. The second-order valence-corrected chi connectivity index (χ2v) is 7.62. The van der Waals surface area contributed by atoms with E-state index in [0.29, 0.717) is 27.1 Å². The van der Waals surface area contributed by atoms with Crippen LogP contribution in [0.3, 0.4) is 0 Å². The smallest absolute Gasteiger partial charge is 0.343 e. The van der Waals surface area contributed by atoms with Crippen LogP contribution in [0.25, 0.3) is 0 Å². The summed E-state index contributed by atoms with van der Waals surface area (Å²) in [5, 5.41) is 28.6. The SMILES string of the molecule is CCOC(=O)c1cnn(C)c1Nc1cccc(C)c1[N+](=O)[O-].Cc1cccc(Br)c1[N+](=O)[O-]. The monoisotopic (exact) mass is 519 g/mol. The molecule has 0 saturated carbocycles. The minimum atomic E-state index is -0.534. The number of anilines is 2. The highest BCUT2D eigenvalue weighted by molar-refractivity contribution is 9.10. The summed E-state index contributed by atoms with van der Waals surface area (Å²) in [7, 11) is 1.63. The van der Waals surface area contributed by atoms with Crippen LogP contribution < -0.4 is 5.32 Å². The number of rotatable bonds is 6.